The maximum Gasteiger partial charge on any atom is 0.230 e. The fourth-order valence-corrected chi connectivity index (χ4v) is 4.11. The number of tetrazole rings is 1. The maximum absolute atomic E-state index is 12.6. The van der Waals surface area contributed by atoms with Crippen LogP contribution in [-0.4, -0.2) is 31.1 Å². The fraction of sp³-hybridized carbons (Fsp3) is 0.190. The molecule has 0 aliphatic heterocycles. The van der Waals surface area contributed by atoms with Gasteiger partial charge in [0.05, 0.1) is 17.8 Å². The molecular weight excluding hydrogens is 384 g/mol. The van der Waals surface area contributed by atoms with Crippen molar-refractivity contribution in [2.24, 2.45) is 0 Å². The summed E-state index contributed by atoms with van der Waals surface area (Å²) in [5, 5.41) is 17.1. The van der Waals surface area contributed by atoms with E-state index in [1.807, 2.05) is 30.5 Å². The molecule has 7 nitrogen and oxygen atoms in total. The third kappa shape index (κ3) is 4.07. The second kappa shape index (κ2) is 7.92. The minimum Gasteiger partial charge on any atom is -0.325 e. The average molecular weight is 404 g/mol. The number of aryl methyl sites for hydroxylation is 2. The van der Waals surface area contributed by atoms with Gasteiger partial charge in [-0.05, 0) is 54.5 Å². The molecule has 2 aromatic carbocycles. The van der Waals surface area contributed by atoms with Crippen LogP contribution in [-0.2, 0) is 11.2 Å². The van der Waals surface area contributed by atoms with Crippen LogP contribution in [0.25, 0.3) is 16.3 Å². The van der Waals surface area contributed by atoms with Crippen molar-refractivity contribution in [3.05, 3.63) is 70.5 Å². The first-order chi connectivity index (χ1) is 14.0. The number of hydrogen-bond acceptors (Lipinski definition) is 6. The van der Waals surface area contributed by atoms with E-state index in [0.717, 1.165) is 33.2 Å². The van der Waals surface area contributed by atoms with E-state index in [1.165, 1.54) is 17.5 Å². The molecule has 8 heteroatoms. The fourth-order valence-electron chi connectivity index (χ4n) is 3.20. The van der Waals surface area contributed by atoms with E-state index in [-0.39, 0.29) is 12.3 Å². The van der Waals surface area contributed by atoms with Gasteiger partial charge in [-0.3, -0.25) is 4.79 Å². The molecule has 1 amide bonds. The second-order valence-corrected chi connectivity index (χ2v) is 7.75. The number of benzene rings is 2. The monoisotopic (exact) mass is 404 g/mol. The first-order valence-corrected chi connectivity index (χ1v) is 10.0. The molecule has 0 fully saturated rings. The van der Waals surface area contributed by atoms with Crippen molar-refractivity contribution < 1.29 is 4.79 Å². The summed E-state index contributed by atoms with van der Waals surface area (Å²) in [6, 6.07) is 11.9. The SMILES string of the molecule is Cc1ccc(-c2nc(CC(=O)Nc3cccc(-n4cnnn4)c3C)cs2)c(C)c1. The lowest BCUT2D eigenvalue weighted by Gasteiger charge is -2.11. The van der Waals surface area contributed by atoms with Crippen LogP contribution in [0.15, 0.2) is 48.1 Å². The van der Waals surface area contributed by atoms with E-state index in [4.69, 9.17) is 0 Å². The molecule has 0 aliphatic rings. The van der Waals surface area contributed by atoms with E-state index in [0.29, 0.717) is 0 Å². The Morgan fingerprint density at radius 2 is 2.03 bits per heavy atom. The molecule has 0 atom stereocenters. The van der Waals surface area contributed by atoms with Crippen molar-refractivity contribution in [2.45, 2.75) is 27.2 Å². The van der Waals surface area contributed by atoms with E-state index in [9.17, 15) is 4.79 Å². The molecule has 2 heterocycles. The molecule has 0 bridgehead atoms. The lowest BCUT2D eigenvalue weighted by molar-refractivity contribution is -0.115. The third-order valence-electron chi connectivity index (χ3n) is 4.68. The molecule has 2 aromatic heterocycles. The Morgan fingerprint density at radius 1 is 1.17 bits per heavy atom. The number of anilines is 1. The predicted octanol–water partition coefficient (Wildman–Crippen LogP) is 3.89. The highest BCUT2D eigenvalue weighted by Gasteiger charge is 2.13. The summed E-state index contributed by atoms with van der Waals surface area (Å²) < 4.78 is 1.57. The van der Waals surface area contributed by atoms with Gasteiger partial charge >= 0.3 is 0 Å². The van der Waals surface area contributed by atoms with Crippen LogP contribution >= 0.6 is 11.3 Å². The van der Waals surface area contributed by atoms with Crippen LogP contribution in [0.1, 0.15) is 22.4 Å². The minimum atomic E-state index is -0.112. The van der Waals surface area contributed by atoms with Crippen LogP contribution in [0.3, 0.4) is 0 Å². The average Bonchev–Trinajstić information content (AvgIpc) is 3.36. The van der Waals surface area contributed by atoms with Crippen LogP contribution < -0.4 is 5.32 Å². The molecular formula is C21H20N6OS. The number of carbonyl (C=O) groups is 1. The largest absolute Gasteiger partial charge is 0.325 e. The number of hydrogen-bond donors (Lipinski definition) is 1. The summed E-state index contributed by atoms with van der Waals surface area (Å²) in [7, 11) is 0. The van der Waals surface area contributed by atoms with E-state index in [2.05, 4.69) is 57.9 Å². The quantitative estimate of drug-likeness (QED) is 0.545. The number of amides is 1. The molecule has 4 rings (SSSR count). The highest BCUT2D eigenvalue weighted by Crippen LogP contribution is 2.28. The van der Waals surface area contributed by atoms with Crippen molar-refractivity contribution in [1.29, 1.82) is 0 Å². The summed E-state index contributed by atoms with van der Waals surface area (Å²) in [4.78, 5) is 17.3. The molecule has 0 aliphatic carbocycles. The summed E-state index contributed by atoms with van der Waals surface area (Å²) >= 11 is 1.56. The van der Waals surface area contributed by atoms with Gasteiger partial charge in [0.15, 0.2) is 0 Å². The zero-order chi connectivity index (χ0) is 20.4. The van der Waals surface area contributed by atoms with Gasteiger partial charge in [0.2, 0.25) is 5.91 Å². The van der Waals surface area contributed by atoms with Gasteiger partial charge < -0.3 is 5.32 Å². The van der Waals surface area contributed by atoms with Gasteiger partial charge in [0.25, 0.3) is 0 Å². The third-order valence-corrected chi connectivity index (χ3v) is 5.61. The van der Waals surface area contributed by atoms with Gasteiger partial charge in [-0.2, -0.15) is 0 Å². The van der Waals surface area contributed by atoms with Crippen LogP contribution in [0.4, 0.5) is 5.69 Å². The van der Waals surface area contributed by atoms with Crippen LogP contribution in [0, 0.1) is 20.8 Å². The predicted molar refractivity (Wildman–Crippen MR) is 113 cm³/mol. The Kier molecular flexibility index (Phi) is 5.18. The highest BCUT2D eigenvalue weighted by atomic mass is 32.1. The van der Waals surface area contributed by atoms with Crippen molar-refractivity contribution in [3.8, 4) is 16.3 Å². The standard InChI is InChI=1S/C21H20N6OS/c1-13-7-8-17(14(2)9-13)21-23-16(11-29-21)10-20(28)24-18-5-4-6-19(15(18)3)27-12-22-25-26-27/h4-9,11-12H,10H2,1-3H3,(H,24,28). The molecule has 0 radical (unpaired) electrons. The van der Waals surface area contributed by atoms with Crippen molar-refractivity contribution in [3.63, 3.8) is 0 Å². The molecule has 0 saturated carbocycles. The molecule has 0 unspecified atom stereocenters. The number of thiazole rings is 1. The van der Waals surface area contributed by atoms with Crippen LogP contribution in [0.5, 0.6) is 0 Å². The summed E-state index contributed by atoms with van der Waals surface area (Å²) in [6.45, 7) is 6.08. The zero-order valence-electron chi connectivity index (χ0n) is 16.4. The van der Waals surface area contributed by atoms with Gasteiger partial charge in [-0.25, -0.2) is 9.67 Å². The first-order valence-electron chi connectivity index (χ1n) is 9.16. The molecule has 1 N–H and O–H groups in total. The Morgan fingerprint density at radius 3 is 2.79 bits per heavy atom. The highest BCUT2D eigenvalue weighted by molar-refractivity contribution is 7.13. The van der Waals surface area contributed by atoms with Gasteiger partial charge in [-0.1, -0.05) is 29.8 Å². The Hall–Kier alpha value is -3.39. The van der Waals surface area contributed by atoms with Crippen LogP contribution in [0.2, 0.25) is 0 Å². The topological polar surface area (TPSA) is 85.6 Å². The minimum absolute atomic E-state index is 0.112. The maximum atomic E-state index is 12.6. The summed E-state index contributed by atoms with van der Waals surface area (Å²) in [6.07, 6.45) is 1.74. The van der Waals surface area contributed by atoms with Crippen molar-refractivity contribution in [1.82, 2.24) is 25.2 Å². The Balaban J connectivity index is 1.49. The first kappa shape index (κ1) is 18.9. The molecule has 4 aromatic rings. The molecule has 29 heavy (non-hydrogen) atoms. The number of nitrogens with one attached hydrogen (secondary N) is 1. The number of carbonyl (C=O) groups excluding carboxylic acids is 1. The van der Waals surface area contributed by atoms with E-state index < -0.39 is 0 Å². The number of rotatable bonds is 5. The number of aromatic nitrogens is 5. The number of nitrogens with zero attached hydrogens (tertiary/aromatic N) is 5. The van der Waals surface area contributed by atoms with Crippen molar-refractivity contribution in [2.75, 3.05) is 5.32 Å². The van der Waals surface area contributed by atoms with E-state index >= 15 is 0 Å². The zero-order valence-corrected chi connectivity index (χ0v) is 17.2. The Labute approximate surface area is 172 Å². The summed E-state index contributed by atoms with van der Waals surface area (Å²) in [5.74, 6) is -0.112. The van der Waals surface area contributed by atoms with Gasteiger partial charge in [0.1, 0.15) is 11.3 Å². The molecule has 0 saturated heterocycles. The molecule has 146 valence electrons. The van der Waals surface area contributed by atoms with Gasteiger partial charge in [0, 0.05) is 16.6 Å². The van der Waals surface area contributed by atoms with E-state index in [1.54, 1.807) is 16.0 Å². The van der Waals surface area contributed by atoms with Crippen molar-refractivity contribution >= 4 is 22.9 Å². The Bertz CT molecular complexity index is 1170. The summed E-state index contributed by atoms with van der Waals surface area (Å²) in [5.41, 5.74) is 6.72. The smallest absolute Gasteiger partial charge is 0.230 e. The van der Waals surface area contributed by atoms with Gasteiger partial charge in [-0.15, -0.1) is 16.4 Å². The molecule has 0 spiro atoms. The normalized spacial score (nSPS) is 10.9. The second-order valence-electron chi connectivity index (χ2n) is 6.89. The lowest BCUT2D eigenvalue weighted by atomic mass is 10.1. The lowest BCUT2D eigenvalue weighted by Crippen LogP contribution is -2.16.